The molecule has 2 aromatic carbocycles. The van der Waals surface area contributed by atoms with Crippen molar-refractivity contribution >= 4 is 5.69 Å². The average molecular weight is 464 g/mol. The second-order valence-electron chi connectivity index (χ2n) is 8.30. The van der Waals surface area contributed by atoms with Gasteiger partial charge in [0, 0.05) is 36.2 Å². The zero-order valence-electron chi connectivity index (χ0n) is 20.3. The number of hydrogen-bond donors (Lipinski definition) is 1. The fourth-order valence-electron chi connectivity index (χ4n) is 4.50. The van der Waals surface area contributed by atoms with Crippen molar-refractivity contribution in [1.82, 2.24) is 10.3 Å². The van der Waals surface area contributed by atoms with Crippen LogP contribution < -0.4 is 29.2 Å². The van der Waals surface area contributed by atoms with Crippen LogP contribution >= 0.6 is 0 Å². The van der Waals surface area contributed by atoms with Crippen molar-refractivity contribution in [2.45, 2.75) is 25.4 Å². The smallest absolute Gasteiger partial charge is 0.203 e. The molecule has 0 radical (unpaired) electrons. The van der Waals surface area contributed by atoms with Gasteiger partial charge in [0.1, 0.15) is 5.75 Å². The molecule has 180 valence electrons. The van der Waals surface area contributed by atoms with Crippen molar-refractivity contribution in [2.24, 2.45) is 0 Å². The fraction of sp³-hybridized carbons (Fsp3) is 0.370. The van der Waals surface area contributed by atoms with Crippen molar-refractivity contribution in [2.75, 3.05) is 46.4 Å². The fourth-order valence-corrected chi connectivity index (χ4v) is 4.50. The lowest BCUT2D eigenvalue weighted by Crippen LogP contribution is -2.43. The minimum atomic E-state index is 0.458. The number of nitrogens with one attached hydrogen (secondary N) is 1. The normalized spacial score (nSPS) is 13.9. The Hall–Kier alpha value is -3.45. The minimum Gasteiger partial charge on any atom is -0.497 e. The van der Waals surface area contributed by atoms with Crippen molar-refractivity contribution in [3.05, 3.63) is 60.4 Å². The Morgan fingerprint density at radius 1 is 0.824 bits per heavy atom. The molecule has 0 bridgehead atoms. The number of ether oxygens (including phenoxy) is 4. The molecule has 1 fully saturated rings. The first-order valence-electron chi connectivity index (χ1n) is 11.5. The summed E-state index contributed by atoms with van der Waals surface area (Å²) in [4.78, 5) is 7.04. The van der Waals surface area contributed by atoms with E-state index in [1.807, 2.05) is 36.7 Å². The second kappa shape index (κ2) is 11.1. The van der Waals surface area contributed by atoms with Gasteiger partial charge in [0.2, 0.25) is 5.75 Å². The Bertz CT molecular complexity index is 1060. The number of anilines is 1. The molecular weight excluding hydrogens is 430 g/mol. The summed E-state index contributed by atoms with van der Waals surface area (Å²) in [5.74, 6) is 2.68. The molecule has 1 saturated heterocycles. The predicted octanol–water partition coefficient (Wildman–Crippen LogP) is 4.54. The van der Waals surface area contributed by atoms with E-state index in [2.05, 4.69) is 33.4 Å². The molecule has 0 spiro atoms. The largest absolute Gasteiger partial charge is 0.497 e. The average Bonchev–Trinajstić information content (AvgIpc) is 2.91. The maximum Gasteiger partial charge on any atom is 0.203 e. The molecule has 3 aromatic rings. The SMILES string of the molecule is COc1ccc(N(Cc2cncc(-c3cc(OC)c(OC)c(OC)c3)c2)C2CCNCC2)cc1. The summed E-state index contributed by atoms with van der Waals surface area (Å²) in [6.07, 6.45) is 6.02. The Kier molecular flexibility index (Phi) is 7.75. The summed E-state index contributed by atoms with van der Waals surface area (Å²) in [5, 5.41) is 3.47. The lowest BCUT2D eigenvalue weighted by Gasteiger charge is -2.36. The van der Waals surface area contributed by atoms with Gasteiger partial charge in [0.15, 0.2) is 11.5 Å². The molecular formula is C27H33N3O4. The molecule has 1 aliphatic heterocycles. The Morgan fingerprint density at radius 3 is 2.09 bits per heavy atom. The number of benzene rings is 2. The van der Waals surface area contributed by atoms with E-state index in [0.717, 1.165) is 54.9 Å². The monoisotopic (exact) mass is 463 g/mol. The summed E-state index contributed by atoms with van der Waals surface area (Å²) in [5.41, 5.74) is 4.28. The van der Waals surface area contributed by atoms with Crippen molar-refractivity contribution in [3.8, 4) is 34.1 Å². The van der Waals surface area contributed by atoms with E-state index >= 15 is 0 Å². The molecule has 2 heterocycles. The van der Waals surface area contributed by atoms with Crippen LogP contribution in [0, 0.1) is 0 Å². The van der Waals surface area contributed by atoms with E-state index in [4.69, 9.17) is 18.9 Å². The Morgan fingerprint density at radius 2 is 1.50 bits per heavy atom. The highest BCUT2D eigenvalue weighted by molar-refractivity contribution is 5.71. The Balaban J connectivity index is 1.66. The van der Waals surface area contributed by atoms with Gasteiger partial charge in [-0.3, -0.25) is 4.98 Å². The molecule has 1 aliphatic rings. The van der Waals surface area contributed by atoms with Crippen LogP contribution in [-0.4, -0.2) is 52.6 Å². The highest BCUT2D eigenvalue weighted by atomic mass is 16.5. The lowest BCUT2D eigenvalue weighted by molar-refractivity contribution is 0.324. The van der Waals surface area contributed by atoms with Crippen LogP contribution in [0.5, 0.6) is 23.0 Å². The van der Waals surface area contributed by atoms with E-state index in [1.54, 1.807) is 28.4 Å². The second-order valence-corrected chi connectivity index (χ2v) is 8.30. The molecule has 4 rings (SSSR count). The lowest BCUT2D eigenvalue weighted by atomic mass is 10.0. The van der Waals surface area contributed by atoms with Gasteiger partial charge in [-0.05, 0) is 79.5 Å². The van der Waals surface area contributed by atoms with Crippen LogP contribution in [-0.2, 0) is 6.54 Å². The molecule has 0 amide bonds. The highest BCUT2D eigenvalue weighted by Crippen LogP contribution is 2.41. The molecule has 0 atom stereocenters. The van der Waals surface area contributed by atoms with Gasteiger partial charge >= 0.3 is 0 Å². The predicted molar refractivity (Wildman–Crippen MR) is 134 cm³/mol. The summed E-state index contributed by atoms with van der Waals surface area (Å²) >= 11 is 0. The van der Waals surface area contributed by atoms with E-state index in [1.165, 1.54) is 5.69 Å². The van der Waals surface area contributed by atoms with Crippen LogP contribution in [0.2, 0.25) is 0 Å². The number of piperidine rings is 1. The van der Waals surface area contributed by atoms with E-state index in [0.29, 0.717) is 23.3 Å². The molecule has 0 aliphatic carbocycles. The van der Waals surface area contributed by atoms with Gasteiger partial charge in [-0.2, -0.15) is 0 Å². The molecule has 1 N–H and O–H groups in total. The van der Waals surface area contributed by atoms with Crippen LogP contribution in [0.1, 0.15) is 18.4 Å². The number of hydrogen-bond acceptors (Lipinski definition) is 7. The molecule has 7 heteroatoms. The quantitative estimate of drug-likeness (QED) is 0.500. The number of pyridine rings is 1. The van der Waals surface area contributed by atoms with Crippen molar-refractivity contribution in [1.29, 1.82) is 0 Å². The summed E-state index contributed by atoms with van der Waals surface area (Å²) < 4.78 is 21.9. The zero-order valence-corrected chi connectivity index (χ0v) is 20.3. The standard InChI is InChI=1S/C27H33N3O4/c1-31-24-7-5-22(6-8-24)30(23-9-11-28-12-10-23)18-19-13-21(17-29-16-19)20-14-25(32-2)27(34-4)26(15-20)33-3/h5-8,13-17,23,28H,9-12,18H2,1-4H3. The molecule has 0 unspecified atom stereocenters. The number of rotatable bonds is 9. The van der Waals surface area contributed by atoms with Gasteiger partial charge in [-0.25, -0.2) is 0 Å². The van der Waals surface area contributed by atoms with Gasteiger partial charge in [-0.1, -0.05) is 0 Å². The third kappa shape index (κ3) is 5.20. The third-order valence-electron chi connectivity index (χ3n) is 6.30. The molecule has 7 nitrogen and oxygen atoms in total. The molecule has 0 saturated carbocycles. The third-order valence-corrected chi connectivity index (χ3v) is 6.30. The summed E-state index contributed by atoms with van der Waals surface area (Å²) in [7, 11) is 6.56. The number of nitrogens with zero attached hydrogens (tertiary/aromatic N) is 2. The number of aromatic nitrogens is 1. The van der Waals surface area contributed by atoms with Crippen molar-refractivity contribution in [3.63, 3.8) is 0 Å². The zero-order chi connectivity index (χ0) is 23.9. The molecule has 1 aromatic heterocycles. The van der Waals surface area contributed by atoms with E-state index in [-0.39, 0.29) is 0 Å². The van der Waals surface area contributed by atoms with Crippen molar-refractivity contribution < 1.29 is 18.9 Å². The van der Waals surface area contributed by atoms with Crippen LogP contribution in [0.3, 0.4) is 0 Å². The first-order chi connectivity index (χ1) is 16.7. The van der Waals surface area contributed by atoms with Gasteiger partial charge < -0.3 is 29.2 Å². The van der Waals surface area contributed by atoms with Gasteiger partial charge in [0.05, 0.1) is 28.4 Å². The maximum atomic E-state index is 5.54. The van der Waals surface area contributed by atoms with E-state index in [9.17, 15) is 0 Å². The Labute approximate surface area is 201 Å². The minimum absolute atomic E-state index is 0.458. The summed E-state index contributed by atoms with van der Waals surface area (Å²) in [6.45, 7) is 2.82. The van der Waals surface area contributed by atoms with Crippen LogP contribution in [0.25, 0.3) is 11.1 Å². The van der Waals surface area contributed by atoms with Crippen LogP contribution in [0.15, 0.2) is 54.9 Å². The van der Waals surface area contributed by atoms with E-state index < -0.39 is 0 Å². The van der Waals surface area contributed by atoms with Gasteiger partial charge in [0.25, 0.3) is 0 Å². The van der Waals surface area contributed by atoms with Crippen LogP contribution in [0.4, 0.5) is 5.69 Å². The molecule has 34 heavy (non-hydrogen) atoms. The maximum absolute atomic E-state index is 5.54. The summed E-state index contributed by atoms with van der Waals surface area (Å²) in [6, 6.07) is 14.9. The number of methoxy groups -OCH3 is 4. The van der Waals surface area contributed by atoms with Gasteiger partial charge in [-0.15, -0.1) is 0 Å². The first kappa shape index (κ1) is 23.7. The first-order valence-corrected chi connectivity index (χ1v) is 11.5. The topological polar surface area (TPSA) is 65.1 Å². The highest BCUT2D eigenvalue weighted by Gasteiger charge is 2.22.